The second-order valence-electron chi connectivity index (χ2n) is 7.03. The zero-order chi connectivity index (χ0) is 21.4. The Balaban J connectivity index is 1.53. The monoisotopic (exact) mass is 428 g/mol. The van der Waals surface area contributed by atoms with Gasteiger partial charge in [0.25, 0.3) is 17.4 Å². The molecule has 1 aliphatic heterocycles. The molecule has 1 aliphatic rings. The van der Waals surface area contributed by atoms with Gasteiger partial charge in [-0.15, -0.1) is 0 Å². The lowest BCUT2D eigenvalue weighted by Gasteiger charge is -2.34. The van der Waals surface area contributed by atoms with Gasteiger partial charge in [-0.3, -0.25) is 14.4 Å². The summed E-state index contributed by atoms with van der Waals surface area (Å²) in [5, 5.41) is 5.16. The number of hydrogen-bond donors (Lipinski definition) is 0. The van der Waals surface area contributed by atoms with Crippen LogP contribution in [0.25, 0.3) is 10.8 Å². The van der Waals surface area contributed by atoms with Crippen molar-refractivity contribution in [2.24, 2.45) is 7.05 Å². The van der Waals surface area contributed by atoms with Crippen LogP contribution in [0.4, 0.5) is 4.39 Å². The molecule has 0 aliphatic carbocycles. The van der Waals surface area contributed by atoms with Gasteiger partial charge in [0.2, 0.25) is 0 Å². The summed E-state index contributed by atoms with van der Waals surface area (Å²) >= 11 is 6.00. The molecule has 3 aromatic rings. The van der Waals surface area contributed by atoms with E-state index in [4.69, 9.17) is 11.6 Å². The van der Waals surface area contributed by atoms with Gasteiger partial charge in [-0.25, -0.2) is 9.07 Å². The Morgan fingerprint density at radius 2 is 1.57 bits per heavy atom. The van der Waals surface area contributed by atoms with E-state index in [2.05, 4.69) is 5.10 Å². The van der Waals surface area contributed by atoms with E-state index in [0.29, 0.717) is 37.0 Å². The lowest BCUT2D eigenvalue weighted by Crippen LogP contribution is -2.51. The van der Waals surface area contributed by atoms with Crippen molar-refractivity contribution in [3.63, 3.8) is 0 Å². The second kappa shape index (κ2) is 7.87. The van der Waals surface area contributed by atoms with Crippen LogP contribution in [0.5, 0.6) is 0 Å². The number of hydrogen-bond acceptors (Lipinski definition) is 4. The molecule has 0 saturated carbocycles. The maximum atomic E-state index is 13.2. The maximum Gasteiger partial charge on any atom is 0.275 e. The summed E-state index contributed by atoms with van der Waals surface area (Å²) in [7, 11) is 1.51. The van der Waals surface area contributed by atoms with Gasteiger partial charge in [-0.2, -0.15) is 5.10 Å². The normalized spacial score (nSPS) is 14.2. The van der Waals surface area contributed by atoms with Crippen LogP contribution in [0, 0.1) is 5.82 Å². The minimum atomic E-state index is -0.510. The topological polar surface area (TPSA) is 75.5 Å². The van der Waals surface area contributed by atoms with Crippen LogP contribution in [0.15, 0.2) is 47.3 Å². The van der Waals surface area contributed by atoms with Crippen molar-refractivity contribution in [3.05, 3.63) is 74.9 Å². The van der Waals surface area contributed by atoms with Crippen molar-refractivity contribution < 1.29 is 14.0 Å². The van der Waals surface area contributed by atoms with Crippen LogP contribution in [0.2, 0.25) is 5.02 Å². The number of piperazine rings is 1. The minimum Gasteiger partial charge on any atom is -0.335 e. The summed E-state index contributed by atoms with van der Waals surface area (Å²) in [6, 6.07) is 10.5. The number of fused-ring (bicyclic) bond motifs is 1. The quantitative estimate of drug-likeness (QED) is 0.627. The first-order chi connectivity index (χ1) is 14.4. The van der Waals surface area contributed by atoms with Gasteiger partial charge < -0.3 is 9.80 Å². The molecule has 4 rings (SSSR count). The molecule has 0 N–H and O–H groups in total. The first-order valence-corrected chi connectivity index (χ1v) is 9.74. The summed E-state index contributed by atoms with van der Waals surface area (Å²) in [5.74, 6) is -1.12. The van der Waals surface area contributed by atoms with Crippen molar-refractivity contribution in [2.75, 3.05) is 26.2 Å². The fourth-order valence-electron chi connectivity index (χ4n) is 3.55. The van der Waals surface area contributed by atoms with Gasteiger partial charge in [0.15, 0.2) is 5.69 Å². The van der Waals surface area contributed by atoms with E-state index < -0.39 is 5.82 Å². The Morgan fingerprint density at radius 3 is 2.20 bits per heavy atom. The van der Waals surface area contributed by atoms with Gasteiger partial charge in [0.05, 0.1) is 16.0 Å². The van der Waals surface area contributed by atoms with E-state index in [1.54, 1.807) is 34.1 Å². The van der Waals surface area contributed by atoms with Crippen molar-refractivity contribution in [2.45, 2.75) is 0 Å². The number of amides is 2. The molecular weight excluding hydrogens is 411 g/mol. The average Bonchev–Trinajstić information content (AvgIpc) is 2.75. The molecule has 0 spiro atoms. The van der Waals surface area contributed by atoms with E-state index in [1.807, 2.05) is 0 Å². The van der Waals surface area contributed by atoms with Gasteiger partial charge >= 0.3 is 0 Å². The number of aromatic nitrogens is 2. The van der Waals surface area contributed by atoms with Crippen LogP contribution in [-0.4, -0.2) is 57.6 Å². The molecule has 0 bridgehead atoms. The molecule has 7 nitrogen and oxygen atoms in total. The van der Waals surface area contributed by atoms with E-state index in [9.17, 15) is 18.8 Å². The van der Waals surface area contributed by atoms with Gasteiger partial charge in [-0.05, 0) is 24.3 Å². The van der Waals surface area contributed by atoms with Crippen LogP contribution < -0.4 is 5.56 Å². The standard InChI is InChI=1S/C21H18ClFN4O3/c1-25-19(28)15-5-3-2-4-14(15)18(24-25)21(30)27-10-8-26(9-11-27)20(29)16-7-6-13(23)12-17(16)22/h2-7,12H,8-11H2,1H3. The number of nitrogens with zero attached hydrogens (tertiary/aromatic N) is 4. The average molecular weight is 429 g/mol. The Hall–Kier alpha value is -3.26. The third kappa shape index (κ3) is 3.54. The lowest BCUT2D eigenvalue weighted by molar-refractivity contribution is 0.0532. The zero-order valence-electron chi connectivity index (χ0n) is 16.1. The smallest absolute Gasteiger partial charge is 0.275 e. The van der Waals surface area contributed by atoms with Crippen molar-refractivity contribution in [1.29, 1.82) is 0 Å². The molecule has 1 saturated heterocycles. The van der Waals surface area contributed by atoms with Crippen LogP contribution in [-0.2, 0) is 7.05 Å². The molecule has 0 unspecified atom stereocenters. The summed E-state index contributed by atoms with van der Waals surface area (Å²) < 4.78 is 14.4. The SMILES string of the molecule is Cn1nc(C(=O)N2CCN(C(=O)c3ccc(F)cc3Cl)CC2)c2ccccc2c1=O. The molecule has 0 atom stereocenters. The highest BCUT2D eigenvalue weighted by atomic mass is 35.5. The number of carbonyl (C=O) groups is 2. The third-order valence-electron chi connectivity index (χ3n) is 5.17. The van der Waals surface area contributed by atoms with Gasteiger partial charge in [-0.1, -0.05) is 29.8 Å². The molecular formula is C21H18ClFN4O3. The molecule has 154 valence electrons. The summed E-state index contributed by atoms with van der Waals surface area (Å²) in [5.41, 5.74) is 0.159. The largest absolute Gasteiger partial charge is 0.335 e. The predicted octanol–water partition coefficient (Wildman–Crippen LogP) is 2.32. The molecule has 2 aromatic carbocycles. The molecule has 9 heteroatoms. The van der Waals surface area contributed by atoms with Crippen LogP contribution >= 0.6 is 11.6 Å². The Labute approximate surface area is 176 Å². The number of rotatable bonds is 2. The summed E-state index contributed by atoms with van der Waals surface area (Å²) in [6.07, 6.45) is 0. The summed E-state index contributed by atoms with van der Waals surface area (Å²) in [4.78, 5) is 41.3. The second-order valence-corrected chi connectivity index (χ2v) is 7.44. The van der Waals surface area contributed by atoms with Gasteiger partial charge in [0, 0.05) is 38.6 Å². The number of halogens is 2. The summed E-state index contributed by atoms with van der Waals surface area (Å²) in [6.45, 7) is 1.23. The molecule has 1 aromatic heterocycles. The highest BCUT2D eigenvalue weighted by molar-refractivity contribution is 6.33. The van der Waals surface area contributed by atoms with E-state index in [0.717, 1.165) is 10.7 Å². The number of benzene rings is 2. The van der Waals surface area contributed by atoms with Crippen molar-refractivity contribution >= 4 is 34.2 Å². The molecule has 1 fully saturated rings. The van der Waals surface area contributed by atoms with E-state index >= 15 is 0 Å². The van der Waals surface area contributed by atoms with Gasteiger partial charge in [0.1, 0.15) is 5.82 Å². The molecule has 0 radical (unpaired) electrons. The van der Waals surface area contributed by atoms with Crippen molar-refractivity contribution in [3.8, 4) is 0 Å². The van der Waals surface area contributed by atoms with Crippen LogP contribution in [0.1, 0.15) is 20.8 Å². The van der Waals surface area contributed by atoms with Crippen molar-refractivity contribution in [1.82, 2.24) is 19.6 Å². The fourth-order valence-corrected chi connectivity index (χ4v) is 3.80. The highest BCUT2D eigenvalue weighted by Gasteiger charge is 2.28. The maximum absolute atomic E-state index is 13.2. The van der Waals surface area contributed by atoms with E-state index in [1.165, 1.54) is 19.2 Å². The first kappa shape index (κ1) is 20.0. The zero-order valence-corrected chi connectivity index (χ0v) is 16.9. The molecule has 2 heterocycles. The Kier molecular flexibility index (Phi) is 5.26. The minimum absolute atomic E-state index is 0.0550. The highest BCUT2D eigenvalue weighted by Crippen LogP contribution is 2.21. The van der Waals surface area contributed by atoms with E-state index in [-0.39, 0.29) is 33.7 Å². The Bertz CT molecular complexity index is 1220. The molecule has 2 amide bonds. The Morgan fingerprint density at radius 1 is 0.967 bits per heavy atom. The van der Waals surface area contributed by atoms with Crippen LogP contribution in [0.3, 0.4) is 0 Å². The lowest BCUT2D eigenvalue weighted by atomic mass is 10.1. The predicted molar refractivity (Wildman–Crippen MR) is 110 cm³/mol. The first-order valence-electron chi connectivity index (χ1n) is 9.36. The number of carbonyl (C=O) groups excluding carboxylic acids is 2. The fraction of sp³-hybridized carbons (Fsp3) is 0.238. The number of aryl methyl sites for hydroxylation is 1. The third-order valence-corrected chi connectivity index (χ3v) is 5.49. The molecule has 30 heavy (non-hydrogen) atoms.